The van der Waals surface area contributed by atoms with Crippen molar-refractivity contribution in [1.29, 1.82) is 0 Å². The van der Waals surface area contributed by atoms with Crippen molar-refractivity contribution in [2.45, 2.75) is 38.1 Å². The van der Waals surface area contributed by atoms with E-state index in [2.05, 4.69) is 5.32 Å². The second-order valence-electron chi connectivity index (χ2n) is 9.82. The monoisotopic (exact) mass is 515 g/mol. The molecule has 2 aliphatic heterocycles. The van der Waals surface area contributed by atoms with Gasteiger partial charge in [-0.2, -0.15) is 0 Å². The number of carbonyl (C=O) groups excluding carboxylic acids is 3. The molecule has 8 heteroatoms. The van der Waals surface area contributed by atoms with Gasteiger partial charge in [-0.05, 0) is 48.9 Å². The van der Waals surface area contributed by atoms with Crippen LogP contribution in [0.2, 0.25) is 0 Å². The zero-order valence-corrected chi connectivity index (χ0v) is 21.2. The third kappa shape index (κ3) is 5.17. The van der Waals surface area contributed by atoms with Gasteiger partial charge in [0.1, 0.15) is 17.6 Å². The Morgan fingerprint density at radius 1 is 0.921 bits per heavy atom. The fourth-order valence-electron chi connectivity index (χ4n) is 5.22. The maximum Gasteiger partial charge on any atom is 0.256 e. The fraction of sp³-hybridized carbons (Fsp3) is 0.300. The molecule has 0 bridgehead atoms. The second kappa shape index (κ2) is 10.8. The maximum absolute atomic E-state index is 13.9. The van der Waals surface area contributed by atoms with Gasteiger partial charge in [0, 0.05) is 43.6 Å². The molecule has 5 rings (SSSR count). The Morgan fingerprint density at radius 3 is 2.32 bits per heavy atom. The Kier molecular flexibility index (Phi) is 7.24. The van der Waals surface area contributed by atoms with Gasteiger partial charge in [0.25, 0.3) is 11.8 Å². The van der Waals surface area contributed by atoms with Crippen LogP contribution in [0.3, 0.4) is 0 Å². The van der Waals surface area contributed by atoms with Crippen LogP contribution in [0, 0.1) is 12.7 Å². The van der Waals surface area contributed by atoms with Crippen molar-refractivity contribution >= 4 is 17.7 Å². The molecule has 3 aromatic carbocycles. The van der Waals surface area contributed by atoms with Crippen LogP contribution in [-0.4, -0.2) is 59.0 Å². The number of rotatable bonds is 5. The molecule has 2 aliphatic rings. The van der Waals surface area contributed by atoms with Gasteiger partial charge >= 0.3 is 0 Å². The molecule has 0 radical (unpaired) electrons. The molecule has 196 valence electrons. The van der Waals surface area contributed by atoms with Crippen LogP contribution in [0.1, 0.15) is 44.7 Å². The summed E-state index contributed by atoms with van der Waals surface area (Å²) in [5.74, 6) is -1.16. The zero-order chi connectivity index (χ0) is 26.7. The Balaban J connectivity index is 1.36. The van der Waals surface area contributed by atoms with Gasteiger partial charge in [0.05, 0.1) is 6.61 Å². The van der Waals surface area contributed by atoms with Gasteiger partial charge in [-0.3, -0.25) is 19.3 Å². The number of halogens is 1. The first-order chi connectivity index (χ1) is 18.4. The molecular formula is C30H30FN3O4. The van der Waals surface area contributed by atoms with Crippen molar-refractivity contribution in [2.75, 3.05) is 19.7 Å². The summed E-state index contributed by atoms with van der Waals surface area (Å²) in [4.78, 5) is 43.5. The van der Waals surface area contributed by atoms with Crippen molar-refractivity contribution in [2.24, 2.45) is 0 Å². The molecule has 0 aliphatic carbocycles. The van der Waals surface area contributed by atoms with Gasteiger partial charge in [-0.25, -0.2) is 4.39 Å². The molecule has 0 saturated carbocycles. The summed E-state index contributed by atoms with van der Waals surface area (Å²) in [6.07, 6.45) is 0.722. The average molecular weight is 516 g/mol. The summed E-state index contributed by atoms with van der Waals surface area (Å²) in [5, 5.41) is 2.96. The third-order valence-corrected chi connectivity index (χ3v) is 7.28. The molecule has 2 fully saturated rings. The van der Waals surface area contributed by atoms with E-state index < -0.39 is 17.6 Å². The van der Waals surface area contributed by atoms with E-state index in [-0.39, 0.29) is 24.3 Å². The van der Waals surface area contributed by atoms with Crippen LogP contribution < -0.4 is 5.32 Å². The minimum absolute atomic E-state index is 0.0735. The van der Waals surface area contributed by atoms with Crippen LogP contribution in [0.4, 0.5) is 4.39 Å². The van der Waals surface area contributed by atoms with Crippen LogP contribution in [-0.2, 0) is 16.1 Å². The van der Waals surface area contributed by atoms with Crippen LogP contribution in [0.15, 0.2) is 78.9 Å². The number of nitrogens with zero attached hydrogens (tertiary/aromatic N) is 2. The number of benzene rings is 3. The van der Waals surface area contributed by atoms with Crippen LogP contribution in [0.5, 0.6) is 0 Å². The number of amides is 3. The summed E-state index contributed by atoms with van der Waals surface area (Å²) in [6, 6.07) is 21.5. The highest BCUT2D eigenvalue weighted by Crippen LogP contribution is 2.39. The van der Waals surface area contributed by atoms with Crippen molar-refractivity contribution in [3.63, 3.8) is 0 Å². The van der Waals surface area contributed by atoms with E-state index in [4.69, 9.17) is 4.74 Å². The number of hydrogen-bond acceptors (Lipinski definition) is 4. The lowest BCUT2D eigenvalue weighted by Gasteiger charge is -2.44. The topological polar surface area (TPSA) is 79.0 Å². The highest BCUT2D eigenvalue weighted by Gasteiger charge is 2.54. The lowest BCUT2D eigenvalue weighted by molar-refractivity contribution is -0.128. The molecule has 1 N–H and O–H groups in total. The van der Waals surface area contributed by atoms with Crippen LogP contribution in [0.25, 0.3) is 0 Å². The first-order valence-corrected chi connectivity index (χ1v) is 12.8. The van der Waals surface area contributed by atoms with E-state index in [1.54, 1.807) is 21.9 Å². The molecule has 2 heterocycles. The normalized spacial score (nSPS) is 18.4. The minimum atomic E-state index is -1.00. The van der Waals surface area contributed by atoms with Crippen molar-refractivity contribution < 1.29 is 23.5 Å². The van der Waals surface area contributed by atoms with E-state index in [1.165, 1.54) is 24.3 Å². The van der Waals surface area contributed by atoms with Gasteiger partial charge in [0.2, 0.25) is 5.91 Å². The molecule has 0 aromatic heterocycles. The quantitative estimate of drug-likeness (QED) is 0.559. The summed E-state index contributed by atoms with van der Waals surface area (Å²) in [6.45, 7) is 3.01. The smallest absolute Gasteiger partial charge is 0.256 e. The SMILES string of the molecule is Cc1cccc(C(=O)N2[C@H](C(=O)NCc3ccccc3)COC23CCN(C(=O)c2ccc(F)cc2)CC3)c1. The van der Waals surface area contributed by atoms with Gasteiger partial charge < -0.3 is 15.0 Å². The van der Waals surface area contributed by atoms with E-state index in [9.17, 15) is 18.8 Å². The largest absolute Gasteiger partial charge is 0.353 e. The number of hydrogen-bond donors (Lipinski definition) is 1. The van der Waals surface area contributed by atoms with Gasteiger partial charge in [-0.15, -0.1) is 0 Å². The molecule has 38 heavy (non-hydrogen) atoms. The highest BCUT2D eigenvalue weighted by atomic mass is 19.1. The minimum Gasteiger partial charge on any atom is -0.353 e. The van der Waals surface area contributed by atoms with Crippen molar-refractivity contribution in [1.82, 2.24) is 15.1 Å². The summed E-state index contributed by atoms with van der Waals surface area (Å²) >= 11 is 0. The number of ether oxygens (including phenoxy) is 1. The number of aryl methyl sites for hydroxylation is 1. The van der Waals surface area contributed by atoms with Gasteiger partial charge in [-0.1, -0.05) is 48.0 Å². The second-order valence-corrected chi connectivity index (χ2v) is 9.82. The van der Waals surface area contributed by atoms with E-state index in [0.29, 0.717) is 43.6 Å². The Morgan fingerprint density at radius 2 is 1.63 bits per heavy atom. The first-order valence-electron chi connectivity index (χ1n) is 12.8. The van der Waals surface area contributed by atoms with E-state index >= 15 is 0 Å². The Bertz CT molecular complexity index is 1320. The third-order valence-electron chi connectivity index (χ3n) is 7.28. The van der Waals surface area contributed by atoms with Gasteiger partial charge in [0.15, 0.2) is 0 Å². The molecule has 3 amide bonds. The Hall–Kier alpha value is -4.04. The molecule has 2 saturated heterocycles. The molecule has 3 aromatic rings. The van der Waals surface area contributed by atoms with Crippen molar-refractivity contribution in [3.05, 3.63) is 107 Å². The fourth-order valence-corrected chi connectivity index (χ4v) is 5.22. The Labute approximate surface area is 221 Å². The molecule has 0 unspecified atom stereocenters. The maximum atomic E-state index is 13.9. The van der Waals surface area contributed by atoms with E-state index in [1.807, 2.05) is 49.4 Å². The number of piperidine rings is 1. The lowest BCUT2D eigenvalue weighted by Crippen LogP contribution is -2.59. The summed E-state index contributed by atoms with van der Waals surface area (Å²) in [7, 11) is 0. The van der Waals surface area contributed by atoms with E-state index in [0.717, 1.165) is 11.1 Å². The predicted molar refractivity (Wildman–Crippen MR) is 140 cm³/mol. The molecular weight excluding hydrogens is 485 g/mol. The standard InChI is InChI=1S/C30H30FN3O4/c1-21-6-5-9-24(18-21)29(37)34-26(27(35)32-19-22-7-3-2-4-8-22)20-38-30(34)14-16-33(17-15-30)28(36)23-10-12-25(31)13-11-23/h2-13,18,26H,14-17,19-20H2,1H3,(H,32,35)/t26-/m0/s1. The number of likely N-dealkylation sites (tertiary alicyclic amines) is 1. The zero-order valence-electron chi connectivity index (χ0n) is 21.2. The first kappa shape index (κ1) is 25.6. The number of nitrogens with one attached hydrogen (secondary N) is 1. The number of carbonyl (C=O) groups is 3. The summed E-state index contributed by atoms with van der Waals surface area (Å²) < 4.78 is 19.6. The molecule has 7 nitrogen and oxygen atoms in total. The lowest BCUT2D eigenvalue weighted by atomic mass is 9.95. The van der Waals surface area contributed by atoms with Crippen LogP contribution >= 0.6 is 0 Å². The summed E-state index contributed by atoms with van der Waals surface area (Å²) in [5.41, 5.74) is 1.78. The molecule has 1 atom stereocenters. The highest BCUT2D eigenvalue weighted by molar-refractivity contribution is 5.99. The average Bonchev–Trinajstić information content (AvgIpc) is 3.30. The predicted octanol–water partition coefficient (Wildman–Crippen LogP) is 3.92. The molecule has 1 spiro atoms. The van der Waals surface area contributed by atoms with Crippen molar-refractivity contribution in [3.8, 4) is 0 Å².